The number of hydrogen-bond acceptors (Lipinski definition) is 2. The largest absolute Gasteiger partial charge is 0.497 e. The van der Waals surface area contributed by atoms with Crippen LogP contribution >= 0.6 is 0 Å². The third kappa shape index (κ3) is 2.24. The number of methoxy groups -OCH3 is 2. The second-order valence-corrected chi connectivity index (χ2v) is 2.79. The average molecular weight is 166 g/mol. The fourth-order valence-electron chi connectivity index (χ4n) is 1.19. The summed E-state index contributed by atoms with van der Waals surface area (Å²) in [6.07, 6.45) is 0. The van der Waals surface area contributed by atoms with Gasteiger partial charge in [0.05, 0.1) is 13.7 Å². The molecule has 0 aliphatic rings. The zero-order chi connectivity index (χ0) is 8.97. The predicted molar refractivity (Wildman–Crippen MR) is 48.4 cm³/mol. The summed E-state index contributed by atoms with van der Waals surface area (Å²) in [5.74, 6) is 0.891. The average Bonchev–Trinajstić information content (AvgIpc) is 2.04. The Balaban J connectivity index is 2.90. The topological polar surface area (TPSA) is 18.5 Å². The molecule has 66 valence electrons. The minimum absolute atomic E-state index is 0.637. The third-order valence-corrected chi connectivity index (χ3v) is 1.66. The van der Waals surface area contributed by atoms with Crippen LogP contribution in [0.2, 0.25) is 0 Å². The molecule has 0 aliphatic carbocycles. The molecule has 0 N–H and O–H groups in total. The first-order chi connectivity index (χ1) is 5.76. The summed E-state index contributed by atoms with van der Waals surface area (Å²) in [6.45, 7) is 2.68. The van der Waals surface area contributed by atoms with Gasteiger partial charge in [0.25, 0.3) is 0 Å². The molecule has 0 radical (unpaired) electrons. The molecular formula is C10H14O2. The molecule has 2 nitrogen and oxygen atoms in total. The smallest absolute Gasteiger partial charge is 0.119 e. The van der Waals surface area contributed by atoms with E-state index in [1.807, 2.05) is 19.1 Å². The van der Waals surface area contributed by atoms with E-state index < -0.39 is 0 Å². The molecule has 0 aromatic heterocycles. The van der Waals surface area contributed by atoms with Crippen molar-refractivity contribution in [3.8, 4) is 5.75 Å². The summed E-state index contributed by atoms with van der Waals surface area (Å²) in [6, 6.07) is 6.07. The summed E-state index contributed by atoms with van der Waals surface area (Å²) >= 11 is 0. The zero-order valence-corrected chi connectivity index (χ0v) is 7.76. The second-order valence-electron chi connectivity index (χ2n) is 2.79. The Morgan fingerprint density at radius 3 is 2.50 bits per heavy atom. The van der Waals surface area contributed by atoms with Gasteiger partial charge in [-0.15, -0.1) is 0 Å². The number of aryl methyl sites for hydroxylation is 1. The van der Waals surface area contributed by atoms with Crippen LogP contribution in [0.1, 0.15) is 11.1 Å². The molecule has 0 bridgehead atoms. The van der Waals surface area contributed by atoms with Crippen molar-refractivity contribution in [3.63, 3.8) is 0 Å². The van der Waals surface area contributed by atoms with Gasteiger partial charge in [-0.2, -0.15) is 0 Å². The highest BCUT2D eigenvalue weighted by atomic mass is 16.5. The SMILES string of the molecule is COCc1cc(C)cc(OC)c1. The highest BCUT2D eigenvalue weighted by molar-refractivity contribution is 5.33. The van der Waals surface area contributed by atoms with Gasteiger partial charge in [0, 0.05) is 7.11 Å². The van der Waals surface area contributed by atoms with Crippen molar-refractivity contribution in [1.29, 1.82) is 0 Å². The highest BCUT2D eigenvalue weighted by Crippen LogP contribution is 2.16. The van der Waals surface area contributed by atoms with Crippen LogP contribution in [-0.4, -0.2) is 14.2 Å². The minimum Gasteiger partial charge on any atom is -0.497 e. The molecule has 0 atom stereocenters. The summed E-state index contributed by atoms with van der Waals surface area (Å²) in [5.41, 5.74) is 2.34. The molecule has 2 heteroatoms. The molecule has 0 aliphatic heterocycles. The van der Waals surface area contributed by atoms with Gasteiger partial charge in [-0.1, -0.05) is 6.07 Å². The first-order valence-electron chi connectivity index (χ1n) is 3.89. The molecule has 0 saturated carbocycles. The first-order valence-corrected chi connectivity index (χ1v) is 3.89. The van der Waals surface area contributed by atoms with Crippen molar-refractivity contribution in [2.24, 2.45) is 0 Å². The summed E-state index contributed by atoms with van der Waals surface area (Å²) in [5, 5.41) is 0. The molecule has 0 fully saturated rings. The van der Waals surface area contributed by atoms with Crippen LogP contribution in [-0.2, 0) is 11.3 Å². The Kier molecular flexibility index (Phi) is 3.11. The van der Waals surface area contributed by atoms with Crippen LogP contribution in [0.5, 0.6) is 5.75 Å². The summed E-state index contributed by atoms with van der Waals surface area (Å²) < 4.78 is 10.2. The highest BCUT2D eigenvalue weighted by Gasteiger charge is 1.97. The van der Waals surface area contributed by atoms with Crippen molar-refractivity contribution in [2.45, 2.75) is 13.5 Å². The van der Waals surface area contributed by atoms with E-state index in [4.69, 9.17) is 9.47 Å². The fourth-order valence-corrected chi connectivity index (χ4v) is 1.19. The maximum Gasteiger partial charge on any atom is 0.119 e. The van der Waals surface area contributed by atoms with Gasteiger partial charge in [0.15, 0.2) is 0 Å². The molecule has 0 saturated heterocycles. The number of rotatable bonds is 3. The number of ether oxygens (including phenoxy) is 2. The lowest BCUT2D eigenvalue weighted by atomic mass is 10.1. The lowest BCUT2D eigenvalue weighted by Gasteiger charge is -2.05. The van der Waals surface area contributed by atoms with Gasteiger partial charge in [-0.05, 0) is 30.2 Å². The van der Waals surface area contributed by atoms with Crippen LogP contribution in [0.3, 0.4) is 0 Å². The monoisotopic (exact) mass is 166 g/mol. The standard InChI is InChI=1S/C10H14O2/c1-8-4-9(7-11-2)6-10(5-8)12-3/h4-6H,7H2,1-3H3. The molecule has 0 heterocycles. The molecule has 1 aromatic rings. The van der Waals surface area contributed by atoms with Crippen molar-refractivity contribution < 1.29 is 9.47 Å². The van der Waals surface area contributed by atoms with Gasteiger partial charge in [-0.3, -0.25) is 0 Å². The summed E-state index contributed by atoms with van der Waals surface area (Å²) in [7, 11) is 3.36. The molecule has 1 aromatic carbocycles. The molecule has 0 amide bonds. The van der Waals surface area contributed by atoms with Crippen LogP contribution in [0.15, 0.2) is 18.2 Å². The van der Waals surface area contributed by atoms with E-state index in [2.05, 4.69) is 6.07 Å². The first kappa shape index (κ1) is 9.07. The van der Waals surface area contributed by atoms with Gasteiger partial charge in [0.2, 0.25) is 0 Å². The number of benzene rings is 1. The Bertz CT molecular complexity index is 256. The Labute approximate surface area is 73.1 Å². The van der Waals surface area contributed by atoms with Crippen molar-refractivity contribution >= 4 is 0 Å². The van der Waals surface area contributed by atoms with Crippen LogP contribution in [0, 0.1) is 6.92 Å². The zero-order valence-electron chi connectivity index (χ0n) is 7.76. The van der Waals surface area contributed by atoms with E-state index in [1.54, 1.807) is 14.2 Å². The minimum atomic E-state index is 0.637. The Hall–Kier alpha value is -1.02. The quantitative estimate of drug-likeness (QED) is 0.685. The third-order valence-electron chi connectivity index (χ3n) is 1.66. The van der Waals surface area contributed by atoms with Crippen LogP contribution < -0.4 is 4.74 Å². The molecule has 1 rings (SSSR count). The van der Waals surface area contributed by atoms with Crippen molar-refractivity contribution in [3.05, 3.63) is 29.3 Å². The van der Waals surface area contributed by atoms with Crippen molar-refractivity contribution in [2.75, 3.05) is 14.2 Å². The molecule has 0 unspecified atom stereocenters. The van der Waals surface area contributed by atoms with E-state index in [9.17, 15) is 0 Å². The van der Waals surface area contributed by atoms with E-state index in [1.165, 1.54) is 5.56 Å². The predicted octanol–water partition coefficient (Wildman–Crippen LogP) is 2.15. The van der Waals surface area contributed by atoms with Crippen LogP contribution in [0.25, 0.3) is 0 Å². The second kappa shape index (κ2) is 4.12. The fraction of sp³-hybridized carbons (Fsp3) is 0.400. The summed E-state index contributed by atoms with van der Waals surface area (Å²) in [4.78, 5) is 0. The normalized spacial score (nSPS) is 9.92. The van der Waals surface area contributed by atoms with Gasteiger partial charge >= 0.3 is 0 Å². The van der Waals surface area contributed by atoms with Gasteiger partial charge in [0.1, 0.15) is 5.75 Å². The maximum atomic E-state index is 5.13. The van der Waals surface area contributed by atoms with E-state index in [0.717, 1.165) is 11.3 Å². The molecular weight excluding hydrogens is 152 g/mol. The maximum absolute atomic E-state index is 5.13. The van der Waals surface area contributed by atoms with E-state index >= 15 is 0 Å². The number of hydrogen-bond donors (Lipinski definition) is 0. The lowest BCUT2D eigenvalue weighted by molar-refractivity contribution is 0.184. The van der Waals surface area contributed by atoms with Crippen LogP contribution in [0.4, 0.5) is 0 Å². The van der Waals surface area contributed by atoms with E-state index in [0.29, 0.717) is 6.61 Å². The molecule has 0 spiro atoms. The molecule has 12 heavy (non-hydrogen) atoms. The van der Waals surface area contributed by atoms with Gasteiger partial charge < -0.3 is 9.47 Å². The van der Waals surface area contributed by atoms with Crippen molar-refractivity contribution in [1.82, 2.24) is 0 Å². The Morgan fingerprint density at radius 2 is 1.92 bits per heavy atom. The van der Waals surface area contributed by atoms with E-state index in [-0.39, 0.29) is 0 Å². The Morgan fingerprint density at radius 1 is 1.17 bits per heavy atom. The lowest BCUT2D eigenvalue weighted by Crippen LogP contribution is -1.91. The van der Waals surface area contributed by atoms with Gasteiger partial charge in [-0.25, -0.2) is 0 Å².